The highest BCUT2D eigenvalue weighted by Crippen LogP contribution is 2.37. The van der Waals surface area contributed by atoms with Crippen LogP contribution in [0.15, 0.2) is 41.1 Å². The maximum absolute atomic E-state index is 12.3. The third kappa shape index (κ3) is 4.07. The number of morpholine rings is 1. The number of aromatic amines is 1. The van der Waals surface area contributed by atoms with Crippen LogP contribution in [0.3, 0.4) is 0 Å². The second-order valence-corrected chi connectivity index (χ2v) is 10.8. The molecule has 0 amide bonds. The van der Waals surface area contributed by atoms with Crippen molar-refractivity contribution in [3.8, 4) is 11.4 Å². The molecule has 10 nitrogen and oxygen atoms in total. The fraction of sp³-hybridized carbons (Fsp3) is 0.333. The van der Waals surface area contributed by atoms with Crippen LogP contribution in [0.4, 0.5) is 5.82 Å². The van der Waals surface area contributed by atoms with Crippen LogP contribution in [0.2, 0.25) is 0 Å². The molecule has 194 valence electrons. The van der Waals surface area contributed by atoms with Gasteiger partial charge < -0.3 is 24.1 Å². The van der Waals surface area contributed by atoms with Gasteiger partial charge in [-0.05, 0) is 29.8 Å². The number of anilines is 1. The first-order valence-corrected chi connectivity index (χ1v) is 13.9. The van der Waals surface area contributed by atoms with Crippen LogP contribution in [0.1, 0.15) is 15.9 Å². The number of pyridine rings is 1. The Labute approximate surface area is 222 Å². The molecule has 6 heterocycles. The van der Waals surface area contributed by atoms with Crippen molar-refractivity contribution < 1.29 is 19.1 Å². The molecule has 4 aromatic heterocycles. The molecule has 0 unspecified atom stereocenters. The first-order chi connectivity index (χ1) is 18.7. The number of aromatic carboxylic acids is 1. The number of nitrogens with zero attached hydrogens (tertiary/aromatic N) is 5. The van der Waals surface area contributed by atoms with Crippen molar-refractivity contribution in [3.05, 3.63) is 47.8 Å². The summed E-state index contributed by atoms with van der Waals surface area (Å²) >= 11 is 1.99. The van der Waals surface area contributed by atoms with Gasteiger partial charge in [0.05, 0.1) is 24.2 Å². The SMILES string of the molecule is O=C(O)c1ccc2[nH]ccc2c1-c1nc(N2CCOCC2)c2oc3ncc(CN4CCSCC4)cc3c2n1. The molecule has 0 atom stereocenters. The summed E-state index contributed by atoms with van der Waals surface area (Å²) in [4.78, 5) is 34.5. The number of carbonyl (C=O) groups is 1. The Morgan fingerprint density at radius 1 is 1.08 bits per heavy atom. The lowest BCUT2D eigenvalue weighted by Crippen LogP contribution is -2.37. The molecule has 2 N–H and O–H groups in total. The lowest BCUT2D eigenvalue weighted by molar-refractivity contribution is 0.0697. The molecule has 0 bridgehead atoms. The summed E-state index contributed by atoms with van der Waals surface area (Å²) in [5, 5.41) is 11.6. The number of carboxylic acid groups (broad SMARTS) is 1. The monoisotopic (exact) mass is 530 g/mol. The number of aromatic nitrogens is 4. The van der Waals surface area contributed by atoms with E-state index in [0.29, 0.717) is 60.3 Å². The quantitative estimate of drug-likeness (QED) is 0.345. The highest BCUT2D eigenvalue weighted by Gasteiger charge is 2.26. The van der Waals surface area contributed by atoms with Gasteiger partial charge in [-0.2, -0.15) is 11.8 Å². The number of thioether (sulfide) groups is 1. The average molecular weight is 531 g/mol. The molecule has 38 heavy (non-hydrogen) atoms. The number of fused-ring (bicyclic) bond motifs is 4. The number of hydrogen-bond acceptors (Lipinski definition) is 9. The maximum Gasteiger partial charge on any atom is 0.336 e. The second-order valence-electron chi connectivity index (χ2n) is 9.57. The van der Waals surface area contributed by atoms with E-state index in [0.717, 1.165) is 53.0 Å². The van der Waals surface area contributed by atoms with Gasteiger partial charge in [-0.3, -0.25) is 4.90 Å². The molecule has 11 heteroatoms. The van der Waals surface area contributed by atoms with Gasteiger partial charge >= 0.3 is 5.97 Å². The van der Waals surface area contributed by atoms with Gasteiger partial charge in [0.1, 0.15) is 5.52 Å². The summed E-state index contributed by atoms with van der Waals surface area (Å²) in [6, 6.07) is 7.34. The molecule has 2 fully saturated rings. The Hall–Kier alpha value is -3.67. The minimum atomic E-state index is -1.03. The van der Waals surface area contributed by atoms with Crippen LogP contribution < -0.4 is 4.90 Å². The zero-order chi connectivity index (χ0) is 25.6. The molecule has 0 spiro atoms. The van der Waals surface area contributed by atoms with Crippen LogP contribution in [0.25, 0.3) is 44.5 Å². The van der Waals surface area contributed by atoms with Crippen LogP contribution in [-0.2, 0) is 11.3 Å². The molecular formula is C27H26N6O4S. The Bertz CT molecular complexity index is 1670. The Morgan fingerprint density at radius 3 is 2.74 bits per heavy atom. The van der Waals surface area contributed by atoms with Crippen molar-refractivity contribution in [2.75, 3.05) is 55.8 Å². The third-order valence-corrected chi connectivity index (χ3v) is 8.16. The van der Waals surface area contributed by atoms with Gasteiger partial charge in [-0.15, -0.1) is 0 Å². The predicted molar refractivity (Wildman–Crippen MR) is 147 cm³/mol. The van der Waals surface area contributed by atoms with Crippen molar-refractivity contribution in [2.24, 2.45) is 0 Å². The van der Waals surface area contributed by atoms with E-state index in [1.54, 1.807) is 18.3 Å². The maximum atomic E-state index is 12.3. The summed E-state index contributed by atoms with van der Waals surface area (Å²) in [7, 11) is 0. The molecule has 5 aromatic rings. The zero-order valence-electron chi connectivity index (χ0n) is 20.6. The number of hydrogen-bond donors (Lipinski definition) is 2. The molecule has 2 aliphatic rings. The first kappa shape index (κ1) is 23.4. The third-order valence-electron chi connectivity index (χ3n) is 7.22. The Balaban J connectivity index is 1.45. The summed E-state index contributed by atoms with van der Waals surface area (Å²) in [5.74, 6) is 2.23. The smallest absolute Gasteiger partial charge is 0.336 e. The van der Waals surface area contributed by atoms with E-state index in [9.17, 15) is 9.90 Å². The van der Waals surface area contributed by atoms with Crippen molar-refractivity contribution in [1.29, 1.82) is 0 Å². The fourth-order valence-corrected chi connectivity index (χ4v) is 6.29. The predicted octanol–water partition coefficient (Wildman–Crippen LogP) is 4.00. The van der Waals surface area contributed by atoms with Crippen molar-refractivity contribution in [3.63, 3.8) is 0 Å². The number of benzene rings is 1. The molecule has 0 radical (unpaired) electrons. The van der Waals surface area contributed by atoms with Gasteiger partial charge in [0.2, 0.25) is 5.71 Å². The molecule has 1 aromatic carbocycles. The van der Waals surface area contributed by atoms with E-state index in [2.05, 4.69) is 25.8 Å². The summed E-state index contributed by atoms with van der Waals surface area (Å²) in [6.07, 6.45) is 3.67. The van der Waals surface area contributed by atoms with Gasteiger partial charge in [0.25, 0.3) is 0 Å². The van der Waals surface area contributed by atoms with Crippen LogP contribution in [0, 0.1) is 0 Å². The number of furan rings is 1. The molecule has 2 aliphatic heterocycles. The molecule has 7 rings (SSSR count). The lowest BCUT2D eigenvalue weighted by Gasteiger charge is -2.28. The highest BCUT2D eigenvalue weighted by atomic mass is 32.2. The van der Waals surface area contributed by atoms with Crippen molar-refractivity contribution in [1.82, 2.24) is 24.8 Å². The van der Waals surface area contributed by atoms with Gasteiger partial charge in [0.15, 0.2) is 17.2 Å². The molecule has 0 aliphatic carbocycles. The molecule has 0 saturated carbocycles. The van der Waals surface area contributed by atoms with E-state index >= 15 is 0 Å². The second kappa shape index (κ2) is 9.57. The van der Waals surface area contributed by atoms with Gasteiger partial charge in [-0.25, -0.2) is 19.7 Å². The average Bonchev–Trinajstić information content (AvgIpc) is 3.57. The van der Waals surface area contributed by atoms with Crippen LogP contribution in [0.5, 0.6) is 0 Å². The first-order valence-electron chi connectivity index (χ1n) is 12.7. The van der Waals surface area contributed by atoms with Gasteiger partial charge in [-0.1, -0.05) is 0 Å². The number of carboxylic acids is 1. The minimum Gasteiger partial charge on any atom is -0.478 e. The van der Waals surface area contributed by atoms with E-state index in [-0.39, 0.29) is 5.56 Å². The fourth-order valence-electron chi connectivity index (χ4n) is 5.32. The summed E-state index contributed by atoms with van der Waals surface area (Å²) in [5.41, 5.74) is 4.25. The van der Waals surface area contributed by atoms with E-state index in [1.165, 1.54) is 0 Å². The molecular weight excluding hydrogens is 504 g/mol. The zero-order valence-corrected chi connectivity index (χ0v) is 21.5. The Morgan fingerprint density at radius 2 is 1.92 bits per heavy atom. The van der Waals surface area contributed by atoms with E-state index in [1.807, 2.05) is 24.0 Å². The van der Waals surface area contributed by atoms with Crippen molar-refractivity contribution in [2.45, 2.75) is 6.54 Å². The number of rotatable bonds is 5. The van der Waals surface area contributed by atoms with Crippen molar-refractivity contribution >= 4 is 56.7 Å². The lowest BCUT2D eigenvalue weighted by atomic mass is 10.0. The molecule has 2 saturated heterocycles. The van der Waals surface area contributed by atoms with E-state index < -0.39 is 5.97 Å². The summed E-state index contributed by atoms with van der Waals surface area (Å²) < 4.78 is 11.8. The van der Waals surface area contributed by atoms with Crippen LogP contribution >= 0.6 is 11.8 Å². The highest BCUT2D eigenvalue weighted by molar-refractivity contribution is 7.99. The normalized spacial score (nSPS) is 17.1. The number of nitrogens with one attached hydrogen (secondary N) is 1. The topological polar surface area (TPSA) is 121 Å². The largest absolute Gasteiger partial charge is 0.478 e. The number of ether oxygens (including phenoxy) is 1. The van der Waals surface area contributed by atoms with Gasteiger partial charge in [0, 0.05) is 73.1 Å². The standard InChI is InChI=1S/C27H26N6O4S/c34-27(35)18-1-2-20-17(3-4-28-20)21(18)24-30-22-19-13-16(15-32-7-11-38-12-8-32)14-29-26(19)37-23(22)25(31-24)33-5-9-36-10-6-33/h1-4,13-14,28H,5-12,15H2,(H,34,35). The Kier molecular flexibility index (Phi) is 5.91. The minimum absolute atomic E-state index is 0.152. The van der Waals surface area contributed by atoms with E-state index in [4.69, 9.17) is 19.1 Å². The van der Waals surface area contributed by atoms with Crippen LogP contribution in [-0.4, -0.2) is 86.8 Å². The number of H-pyrrole nitrogens is 1. The summed E-state index contributed by atoms with van der Waals surface area (Å²) in [6.45, 7) is 5.37.